The third-order valence-corrected chi connectivity index (χ3v) is 2.52. The van der Waals surface area contributed by atoms with Crippen LogP contribution in [0.1, 0.15) is 5.56 Å². The fourth-order valence-corrected chi connectivity index (χ4v) is 1.63. The molecule has 0 bridgehead atoms. The van der Waals surface area contributed by atoms with Crippen molar-refractivity contribution in [1.29, 1.82) is 0 Å². The number of rotatable bonds is 1. The van der Waals surface area contributed by atoms with Crippen molar-refractivity contribution in [3.8, 4) is 0 Å². The Hall–Kier alpha value is -1.48. The zero-order valence-electron chi connectivity index (χ0n) is 9.69. The molecule has 4 heteroatoms. The second-order valence-electron chi connectivity index (χ2n) is 3.94. The molecule has 0 saturated heterocycles. The lowest BCUT2D eigenvalue weighted by molar-refractivity contribution is 1.08. The lowest BCUT2D eigenvalue weighted by Crippen LogP contribution is -2.11. The summed E-state index contributed by atoms with van der Waals surface area (Å²) >= 11 is 0. The van der Waals surface area contributed by atoms with Crippen molar-refractivity contribution in [2.24, 2.45) is 0 Å². The monoisotopic (exact) mass is 237 g/mol. The summed E-state index contributed by atoms with van der Waals surface area (Å²) in [6.45, 7) is 2.05. The molecule has 0 aliphatic carbocycles. The highest BCUT2D eigenvalue weighted by atomic mass is 35.5. The SMILES string of the molecule is Cc1cccc2c(N)cc(N(C)C)nc12.Cl. The molecule has 0 amide bonds. The third kappa shape index (κ3) is 2.04. The molecule has 86 valence electrons. The summed E-state index contributed by atoms with van der Waals surface area (Å²) in [6.07, 6.45) is 0. The van der Waals surface area contributed by atoms with E-state index in [1.807, 2.05) is 50.2 Å². The molecule has 0 spiro atoms. The number of aromatic nitrogens is 1. The first-order valence-corrected chi connectivity index (χ1v) is 4.93. The molecule has 3 nitrogen and oxygen atoms in total. The summed E-state index contributed by atoms with van der Waals surface area (Å²) in [7, 11) is 3.93. The summed E-state index contributed by atoms with van der Waals surface area (Å²) < 4.78 is 0. The molecule has 0 atom stereocenters. The average Bonchev–Trinajstić information content (AvgIpc) is 2.19. The van der Waals surface area contributed by atoms with Gasteiger partial charge in [-0.1, -0.05) is 18.2 Å². The lowest BCUT2D eigenvalue weighted by atomic mass is 10.1. The minimum Gasteiger partial charge on any atom is -0.398 e. The molecule has 0 aliphatic heterocycles. The topological polar surface area (TPSA) is 42.1 Å². The first-order valence-electron chi connectivity index (χ1n) is 4.93. The van der Waals surface area contributed by atoms with Crippen molar-refractivity contribution in [2.75, 3.05) is 24.7 Å². The number of nitrogen functional groups attached to an aromatic ring is 1. The van der Waals surface area contributed by atoms with E-state index in [2.05, 4.69) is 4.98 Å². The summed E-state index contributed by atoms with van der Waals surface area (Å²) in [5, 5.41) is 1.03. The van der Waals surface area contributed by atoms with Crippen LogP contribution < -0.4 is 10.6 Å². The van der Waals surface area contributed by atoms with E-state index >= 15 is 0 Å². The van der Waals surface area contributed by atoms with Crippen LogP contribution in [-0.2, 0) is 0 Å². The van der Waals surface area contributed by atoms with Gasteiger partial charge in [-0.2, -0.15) is 0 Å². The molecular weight excluding hydrogens is 222 g/mol. The number of fused-ring (bicyclic) bond motifs is 1. The maximum absolute atomic E-state index is 6.00. The van der Waals surface area contributed by atoms with Crippen molar-refractivity contribution in [3.63, 3.8) is 0 Å². The normalized spacial score (nSPS) is 9.94. The Morgan fingerprint density at radius 1 is 1.25 bits per heavy atom. The molecular formula is C12H16ClN3. The van der Waals surface area contributed by atoms with Gasteiger partial charge >= 0.3 is 0 Å². The minimum atomic E-state index is 0. The Bertz CT molecular complexity index is 509. The summed E-state index contributed by atoms with van der Waals surface area (Å²) in [5.74, 6) is 0.898. The number of nitrogens with zero attached hydrogens (tertiary/aromatic N) is 2. The predicted molar refractivity (Wildman–Crippen MR) is 72.5 cm³/mol. The fourth-order valence-electron chi connectivity index (χ4n) is 1.63. The number of benzene rings is 1. The molecule has 1 aromatic carbocycles. The third-order valence-electron chi connectivity index (χ3n) is 2.52. The van der Waals surface area contributed by atoms with Gasteiger partial charge in [0.15, 0.2) is 0 Å². The van der Waals surface area contributed by atoms with Crippen LogP contribution in [0.25, 0.3) is 10.9 Å². The Kier molecular flexibility index (Phi) is 3.60. The van der Waals surface area contributed by atoms with Crippen molar-refractivity contribution < 1.29 is 0 Å². The first-order chi connectivity index (χ1) is 7.09. The van der Waals surface area contributed by atoms with E-state index in [9.17, 15) is 0 Å². The van der Waals surface area contributed by atoms with Crippen LogP contribution >= 0.6 is 12.4 Å². The smallest absolute Gasteiger partial charge is 0.130 e. The lowest BCUT2D eigenvalue weighted by Gasteiger charge is -2.14. The number of hydrogen-bond donors (Lipinski definition) is 1. The quantitative estimate of drug-likeness (QED) is 0.829. The molecule has 0 saturated carbocycles. The zero-order chi connectivity index (χ0) is 11.0. The van der Waals surface area contributed by atoms with Crippen molar-refractivity contribution in [2.45, 2.75) is 6.92 Å². The van der Waals surface area contributed by atoms with E-state index in [4.69, 9.17) is 5.73 Å². The Labute approximate surface area is 102 Å². The van der Waals surface area contributed by atoms with Gasteiger partial charge in [0.2, 0.25) is 0 Å². The summed E-state index contributed by atoms with van der Waals surface area (Å²) in [5.41, 5.74) is 8.92. The Morgan fingerprint density at radius 3 is 2.56 bits per heavy atom. The maximum atomic E-state index is 6.00. The Balaban J connectivity index is 0.00000128. The number of aryl methyl sites for hydroxylation is 1. The van der Waals surface area contributed by atoms with Gasteiger partial charge in [-0.25, -0.2) is 4.98 Å². The van der Waals surface area contributed by atoms with Crippen LogP contribution in [0.5, 0.6) is 0 Å². The summed E-state index contributed by atoms with van der Waals surface area (Å²) in [6, 6.07) is 7.96. The Morgan fingerprint density at radius 2 is 1.94 bits per heavy atom. The van der Waals surface area contributed by atoms with Crippen molar-refractivity contribution in [1.82, 2.24) is 4.98 Å². The van der Waals surface area contributed by atoms with E-state index in [0.717, 1.165) is 28.0 Å². The second-order valence-corrected chi connectivity index (χ2v) is 3.94. The molecule has 2 rings (SSSR count). The minimum absolute atomic E-state index is 0. The maximum Gasteiger partial charge on any atom is 0.130 e. The highest BCUT2D eigenvalue weighted by Gasteiger charge is 2.05. The van der Waals surface area contributed by atoms with Gasteiger partial charge in [-0.15, -0.1) is 12.4 Å². The molecule has 16 heavy (non-hydrogen) atoms. The predicted octanol–water partition coefficient (Wildman–Crippen LogP) is 2.61. The fraction of sp³-hybridized carbons (Fsp3) is 0.250. The molecule has 1 aromatic heterocycles. The largest absolute Gasteiger partial charge is 0.398 e. The van der Waals surface area contributed by atoms with Crippen LogP contribution in [0.2, 0.25) is 0 Å². The zero-order valence-corrected chi connectivity index (χ0v) is 10.5. The molecule has 0 radical (unpaired) electrons. The molecule has 0 aliphatic rings. The standard InChI is InChI=1S/C12H15N3.ClH/c1-8-5-4-6-9-10(13)7-11(15(2)3)14-12(8)9;/h4-7H,1-3H3,(H2,13,14);1H. The van der Waals surface area contributed by atoms with Gasteiger partial charge in [0.1, 0.15) is 5.82 Å². The number of para-hydroxylation sites is 1. The molecule has 2 aromatic rings. The van der Waals surface area contributed by atoms with Crippen LogP contribution in [0.3, 0.4) is 0 Å². The number of hydrogen-bond acceptors (Lipinski definition) is 3. The number of anilines is 2. The van der Waals surface area contributed by atoms with E-state index in [-0.39, 0.29) is 12.4 Å². The van der Waals surface area contributed by atoms with E-state index < -0.39 is 0 Å². The average molecular weight is 238 g/mol. The molecule has 1 heterocycles. The van der Waals surface area contributed by atoms with Crippen LogP contribution in [0, 0.1) is 6.92 Å². The second kappa shape index (κ2) is 4.58. The van der Waals surface area contributed by atoms with Gasteiger partial charge in [0.05, 0.1) is 5.52 Å². The van der Waals surface area contributed by atoms with Crippen LogP contribution in [0.4, 0.5) is 11.5 Å². The first kappa shape index (κ1) is 12.6. The molecule has 2 N–H and O–H groups in total. The van der Waals surface area contributed by atoms with E-state index in [0.29, 0.717) is 0 Å². The molecule has 0 fully saturated rings. The highest BCUT2D eigenvalue weighted by Crippen LogP contribution is 2.25. The van der Waals surface area contributed by atoms with Crippen molar-refractivity contribution >= 4 is 34.8 Å². The van der Waals surface area contributed by atoms with Gasteiger partial charge in [0.25, 0.3) is 0 Å². The van der Waals surface area contributed by atoms with Crippen LogP contribution in [-0.4, -0.2) is 19.1 Å². The summed E-state index contributed by atoms with van der Waals surface area (Å²) in [4.78, 5) is 6.54. The number of halogens is 1. The highest BCUT2D eigenvalue weighted by molar-refractivity contribution is 5.93. The van der Waals surface area contributed by atoms with Crippen LogP contribution in [0.15, 0.2) is 24.3 Å². The molecule has 0 unspecified atom stereocenters. The van der Waals surface area contributed by atoms with Gasteiger partial charge in [-0.3, -0.25) is 0 Å². The van der Waals surface area contributed by atoms with E-state index in [1.54, 1.807) is 0 Å². The van der Waals surface area contributed by atoms with Gasteiger partial charge in [-0.05, 0) is 12.5 Å². The van der Waals surface area contributed by atoms with Crippen molar-refractivity contribution in [3.05, 3.63) is 29.8 Å². The van der Waals surface area contributed by atoms with E-state index in [1.165, 1.54) is 0 Å². The number of nitrogens with two attached hydrogens (primary N) is 1. The van der Waals surface area contributed by atoms with Gasteiger partial charge < -0.3 is 10.6 Å². The van der Waals surface area contributed by atoms with Gasteiger partial charge in [0, 0.05) is 31.2 Å². The number of pyridine rings is 1.